The van der Waals surface area contributed by atoms with Gasteiger partial charge in [0, 0.05) is 17.4 Å². The molecule has 104 valence electrons. The van der Waals surface area contributed by atoms with Gasteiger partial charge in [0.25, 0.3) is 0 Å². The molecule has 0 aliphatic heterocycles. The summed E-state index contributed by atoms with van der Waals surface area (Å²) in [5.74, 6) is 0.226. The number of benzene rings is 1. The lowest BCUT2D eigenvalue weighted by Gasteiger charge is -2.14. The van der Waals surface area contributed by atoms with Crippen LogP contribution in [0.2, 0.25) is 5.02 Å². The van der Waals surface area contributed by atoms with Gasteiger partial charge in [0.15, 0.2) is 5.16 Å². The van der Waals surface area contributed by atoms with Gasteiger partial charge in [-0.15, -0.1) is 0 Å². The zero-order chi connectivity index (χ0) is 14.4. The van der Waals surface area contributed by atoms with Crippen molar-refractivity contribution >= 4 is 29.3 Å². The van der Waals surface area contributed by atoms with Crippen LogP contribution >= 0.6 is 23.4 Å². The minimum Gasteiger partial charge on any atom is -0.349 e. The zero-order valence-corrected chi connectivity index (χ0v) is 12.5. The molecule has 1 N–H and O–H groups in total. The first-order valence-corrected chi connectivity index (χ1v) is 7.46. The van der Waals surface area contributed by atoms with Crippen LogP contribution in [0.4, 0.5) is 0 Å². The number of carbonyl (C=O) groups is 1. The maximum absolute atomic E-state index is 11.9. The van der Waals surface area contributed by atoms with Crippen molar-refractivity contribution in [1.29, 1.82) is 0 Å². The van der Waals surface area contributed by atoms with Gasteiger partial charge in [-0.1, -0.05) is 35.5 Å². The zero-order valence-electron chi connectivity index (χ0n) is 10.9. The van der Waals surface area contributed by atoms with E-state index >= 15 is 0 Å². The highest BCUT2D eigenvalue weighted by Crippen LogP contribution is 2.18. The molecule has 1 unspecified atom stereocenters. The summed E-state index contributed by atoms with van der Waals surface area (Å²) in [5.41, 5.74) is 0.979. The third kappa shape index (κ3) is 4.51. The highest BCUT2D eigenvalue weighted by atomic mass is 35.5. The molecule has 1 amide bonds. The quantitative estimate of drug-likeness (QED) is 0.681. The molecule has 1 aromatic heterocycles. The molecule has 2 aromatic rings. The Morgan fingerprint density at radius 2 is 2.10 bits per heavy atom. The summed E-state index contributed by atoms with van der Waals surface area (Å²) in [6, 6.07) is 9.11. The van der Waals surface area contributed by atoms with Crippen LogP contribution in [-0.2, 0) is 4.79 Å². The molecule has 1 heterocycles. The van der Waals surface area contributed by atoms with E-state index in [1.165, 1.54) is 11.8 Å². The second-order valence-corrected chi connectivity index (χ2v) is 5.54. The van der Waals surface area contributed by atoms with Gasteiger partial charge in [-0.05, 0) is 30.7 Å². The topological polar surface area (TPSA) is 54.9 Å². The summed E-state index contributed by atoms with van der Waals surface area (Å²) in [5, 5.41) is 4.18. The molecule has 0 saturated heterocycles. The minimum atomic E-state index is -0.0847. The number of amides is 1. The van der Waals surface area contributed by atoms with Gasteiger partial charge in [0.05, 0.1) is 11.8 Å². The number of halogens is 1. The summed E-state index contributed by atoms with van der Waals surface area (Å²) in [4.78, 5) is 20.0. The first-order valence-electron chi connectivity index (χ1n) is 6.10. The van der Waals surface area contributed by atoms with Crippen molar-refractivity contribution in [2.75, 3.05) is 5.75 Å². The van der Waals surface area contributed by atoms with E-state index in [2.05, 4.69) is 15.3 Å². The summed E-state index contributed by atoms with van der Waals surface area (Å²) >= 11 is 7.24. The van der Waals surface area contributed by atoms with Gasteiger partial charge in [-0.2, -0.15) is 0 Å². The molecule has 0 bridgehead atoms. The Morgan fingerprint density at radius 1 is 1.35 bits per heavy atom. The third-order valence-electron chi connectivity index (χ3n) is 2.60. The van der Waals surface area contributed by atoms with Gasteiger partial charge in [-0.25, -0.2) is 9.97 Å². The summed E-state index contributed by atoms with van der Waals surface area (Å²) in [6.45, 7) is 1.92. The van der Waals surface area contributed by atoms with Crippen molar-refractivity contribution in [3.8, 4) is 0 Å². The van der Waals surface area contributed by atoms with Crippen molar-refractivity contribution in [3.05, 3.63) is 53.3 Å². The molecule has 20 heavy (non-hydrogen) atoms. The predicted octanol–water partition coefficient (Wildman–Crippen LogP) is 3.10. The van der Waals surface area contributed by atoms with E-state index < -0.39 is 0 Å². The Bertz CT molecular complexity index is 580. The monoisotopic (exact) mass is 307 g/mol. The van der Waals surface area contributed by atoms with E-state index in [9.17, 15) is 4.79 Å². The van der Waals surface area contributed by atoms with Crippen molar-refractivity contribution in [2.45, 2.75) is 18.1 Å². The van der Waals surface area contributed by atoms with E-state index in [0.29, 0.717) is 10.2 Å². The fraction of sp³-hybridized carbons (Fsp3) is 0.214. The Morgan fingerprint density at radius 3 is 2.80 bits per heavy atom. The third-order valence-corrected chi connectivity index (χ3v) is 3.71. The van der Waals surface area contributed by atoms with Crippen molar-refractivity contribution in [2.24, 2.45) is 0 Å². The lowest BCUT2D eigenvalue weighted by atomic mass is 10.1. The van der Waals surface area contributed by atoms with Crippen LogP contribution in [0, 0.1) is 0 Å². The standard InChI is InChI=1S/C14H14ClN3OS/c1-10(11-4-2-5-12(15)8-11)18-13(19)9-20-14-16-6-3-7-17-14/h2-8,10H,9H2,1H3,(H,18,19). The first-order chi connectivity index (χ1) is 9.65. The largest absolute Gasteiger partial charge is 0.349 e. The summed E-state index contributed by atoms with van der Waals surface area (Å²) < 4.78 is 0. The number of hydrogen-bond acceptors (Lipinski definition) is 4. The molecular weight excluding hydrogens is 294 g/mol. The lowest BCUT2D eigenvalue weighted by Crippen LogP contribution is -2.28. The second kappa shape index (κ2) is 7.26. The molecule has 0 saturated carbocycles. The van der Waals surface area contributed by atoms with Crippen molar-refractivity contribution in [3.63, 3.8) is 0 Å². The van der Waals surface area contributed by atoms with E-state index in [1.54, 1.807) is 18.5 Å². The summed E-state index contributed by atoms with van der Waals surface area (Å²) in [6.07, 6.45) is 3.31. The Kier molecular flexibility index (Phi) is 5.38. The van der Waals surface area contributed by atoms with Gasteiger partial charge in [-0.3, -0.25) is 4.79 Å². The normalized spacial score (nSPS) is 11.9. The van der Waals surface area contributed by atoms with E-state index in [4.69, 9.17) is 11.6 Å². The fourth-order valence-electron chi connectivity index (χ4n) is 1.63. The maximum atomic E-state index is 11.9. The number of thioether (sulfide) groups is 1. The molecule has 0 radical (unpaired) electrons. The molecule has 4 nitrogen and oxygen atoms in total. The molecule has 0 spiro atoms. The number of hydrogen-bond donors (Lipinski definition) is 1. The first kappa shape index (κ1) is 14.8. The Balaban J connectivity index is 1.85. The SMILES string of the molecule is CC(NC(=O)CSc1ncccn1)c1cccc(Cl)c1. The minimum absolute atomic E-state index is 0.0603. The second-order valence-electron chi connectivity index (χ2n) is 4.16. The van der Waals surface area contributed by atoms with Crippen LogP contribution in [0.15, 0.2) is 47.9 Å². The number of rotatable bonds is 5. The van der Waals surface area contributed by atoms with Gasteiger partial charge in [0.2, 0.25) is 5.91 Å². The van der Waals surface area contributed by atoms with Gasteiger partial charge in [0.1, 0.15) is 0 Å². The van der Waals surface area contributed by atoms with Crippen molar-refractivity contribution in [1.82, 2.24) is 15.3 Å². The summed E-state index contributed by atoms with van der Waals surface area (Å²) in [7, 11) is 0. The Hall–Kier alpha value is -1.59. The molecule has 0 fully saturated rings. The average molecular weight is 308 g/mol. The molecule has 1 atom stereocenters. The number of nitrogens with one attached hydrogen (secondary N) is 1. The fourth-order valence-corrected chi connectivity index (χ4v) is 2.45. The number of nitrogens with zero attached hydrogens (tertiary/aromatic N) is 2. The van der Waals surface area contributed by atoms with Gasteiger partial charge < -0.3 is 5.32 Å². The smallest absolute Gasteiger partial charge is 0.230 e. The average Bonchev–Trinajstić information content (AvgIpc) is 2.46. The molecule has 2 rings (SSSR count). The predicted molar refractivity (Wildman–Crippen MR) is 80.8 cm³/mol. The lowest BCUT2D eigenvalue weighted by molar-refractivity contribution is -0.119. The Labute approximate surface area is 127 Å². The molecule has 0 aliphatic carbocycles. The van der Waals surface area contributed by atoms with Gasteiger partial charge >= 0.3 is 0 Å². The molecule has 6 heteroatoms. The molecule has 1 aromatic carbocycles. The van der Waals surface area contributed by atoms with Crippen LogP contribution in [-0.4, -0.2) is 21.6 Å². The van der Waals surface area contributed by atoms with Crippen LogP contribution in [0.5, 0.6) is 0 Å². The van der Waals surface area contributed by atoms with Crippen LogP contribution < -0.4 is 5.32 Å². The van der Waals surface area contributed by atoms with Crippen molar-refractivity contribution < 1.29 is 4.79 Å². The molecular formula is C14H14ClN3OS. The number of carbonyl (C=O) groups excluding carboxylic acids is 1. The van der Waals surface area contributed by atoms with Crippen LogP contribution in [0.25, 0.3) is 0 Å². The maximum Gasteiger partial charge on any atom is 0.230 e. The highest BCUT2D eigenvalue weighted by molar-refractivity contribution is 7.99. The van der Waals surface area contributed by atoms with E-state index in [-0.39, 0.29) is 17.7 Å². The number of aromatic nitrogens is 2. The highest BCUT2D eigenvalue weighted by Gasteiger charge is 2.10. The van der Waals surface area contributed by atoms with E-state index in [0.717, 1.165) is 5.56 Å². The molecule has 0 aliphatic rings. The van der Waals surface area contributed by atoms with Crippen LogP contribution in [0.1, 0.15) is 18.5 Å². The van der Waals surface area contributed by atoms with E-state index in [1.807, 2.05) is 31.2 Å². The van der Waals surface area contributed by atoms with Crippen LogP contribution in [0.3, 0.4) is 0 Å².